The van der Waals surface area contributed by atoms with E-state index in [2.05, 4.69) is 16.0 Å². The predicted octanol–water partition coefficient (Wildman–Crippen LogP) is 3.99. The molecule has 2 aromatic carbocycles. The molecule has 0 radical (unpaired) electrons. The molecule has 30 heavy (non-hydrogen) atoms. The van der Waals surface area contributed by atoms with E-state index in [9.17, 15) is 17.6 Å². The molecular formula is C20H26ClFN4O3S. The minimum absolute atomic E-state index is 0.0286. The molecule has 0 spiro atoms. The molecule has 3 N–H and O–H groups in total. The molecule has 0 saturated carbocycles. The van der Waals surface area contributed by atoms with Crippen LogP contribution in [0.15, 0.2) is 41.3 Å². The molecule has 2 aromatic rings. The summed E-state index contributed by atoms with van der Waals surface area (Å²) in [6, 6.07) is 8.52. The molecule has 0 unspecified atom stereocenters. The van der Waals surface area contributed by atoms with Gasteiger partial charge in [0.05, 0.1) is 28.5 Å². The van der Waals surface area contributed by atoms with Crippen molar-refractivity contribution >= 4 is 44.6 Å². The quantitative estimate of drug-likeness (QED) is 0.503. The summed E-state index contributed by atoms with van der Waals surface area (Å²) in [7, 11) is -3.65. The Hall–Kier alpha value is -2.36. The summed E-state index contributed by atoms with van der Waals surface area (Å²) in [5.41, 5.74) is 1.07. The number of sulfonamides is 1. The molecule has 1 amide bonds. The molecule has 0 heterocycles. The average Bonchev–Trinajstić information content (AvgIpc) is 2.70. The van der Waals surface area contributed by atoms with Gasteiger partial charge in [0.1, 0.15) is 5.82 Å². The van der Waals surface area contributed by atoms with Crippen LogP contribution in [0, 0.1) is 5.82 Å². The Morgan fingerprint density at radius 3 is 2.33 bits per heavy atom. The molecule has 0 bridgehead atoms. The van der Waals surface area contributed by atoms with Crippen molar-refractivity contribution in [2.45, 2.75) is 25.7 Å². The first-order valence-electron chi connectivity index (χ1n) is 9.59. The number of carbonyl (C=O) groups excluding carboxylic acids is 1. The molecule has 0 aliphatic rings. The molecule has 0 fully saturated rings. The number of rotatable bonds is 10. The average molecular weight is 457 g/mol. The van der Waals surface area contributed by atoms with Gasteiger partial charge in [-0.1, -0.05) is 25.4 Å². The Bertz CT molecular complexity index is 998. The van der Waals surface area contributed by atoms with E-state index in [-0.39, 0.29) is 17.1 Å². The highest BCUT2D eigenvalue weighted by atomic mass is 35.5. The van der Waals surface area contributed by atoms with Crippen LogP contribution in [-0.2, 0) is 14.8 Å². The van der Waals surface area contributed by atoms with Gasteiger partial charge in [-0.3, -0.25) is 4.79 Å². The largest absolute Gasteiger partial charge is 0.384 e. The second-order valence-electron chi connectivity index (χ2n) is 6.35. The first kappa shape index (κ1) is 23.9. The Morgan fingerprint density at radius 2 is 1.70 bits per heavy atom. The van der Waals surface area contributed by atoms with Crippen molar-refractivity contribution in [1.29, 1.82) is 0 Å². The van der Waals surface area contributed by atoms with Crippen molar-refractivity contribution in [3.8, 4) is 0 Å². The lowest BCUT2D eigenvalue weighted by atomic mass is 10.2. The van der Waals surface area contributed by atoms with E-state index >= 15 is 0 Å². The van der Waals surface area contributed by atoms with Gasteiger partial charge in [-0.05, 0) is 43.3 Å². The van der Waals surface area contributed by atoms with Crippen LogP contribution in [-0.4, -0.2) is 44.8 Å². The third-order valence-corrected chi connectivity index (χ3v) is 6.62. The fourth-order valence-electron chi connectivity index (χ4n) is 2.85. The Balaban J connectivity index is 2.22. The minimum atomic E-state index is -3.65. The third-order valence-electron chi connectivity index (χ3n) is 4.34. The van der Waals surface area contributed by atoms with Gasteiger partial charge in [0, 0.05) is 24.7 Å². The second-order valence-corrected chi connectivity index (χ2v) is 8.73. The van der Waals surface area contributed by atoms with Crippen LogP contribution in [0.25, 0.3) is 0 Å². The maximum Gasteiger partial charge on any atom is 0.243 e. The summed E-state index contributed by atoms with van der Waals surface area (Å²) < 4.78 is 40.8. The van der Waals surface area contributed by atoms with E-state index < -0.39 is 21.7 Å². The second kappa shape index (κ2) is 10.6. The standard InChI is InChI=1S/C20H26ClFN4O3S/c1-4-23-17-10-8-15(30(28,29)26(5-2)6-3)12-19(17)24-13-20(27)25-18-11-14(21)7-9-16(18)22/h7-12,23-24H,4-6,13H2,1-3H3,(H,25,27). The number of benzene rings is 2. The van der Waals surface area contributed by atoms with E-state index in [1.165, 1.54) is 28.6 Å². The molecule has 164 valence electrons. The van der Waals surface area contributed by atoms with Crippen molar-refractivity contribution in [1.82, 2.24) is 4.31 Å². The summed E-state index contributed by atoms with van der Waals surface area (Å²) in [5, 5.41) is 8.79. The summed E-state index contributed by atoms with van der Waals surface area (Å²) in [5.74, 6) is -1.11. The Morgan fingerprint density at radius 1 is 1.00 bits per heavy atom. The summed E-state index contributed by atoms with van der Waals surface area (Å²) >= 11 is 5.84. The van der Waals surface area contributed by atoms with Crippen LogP contribution in [0.3, 0.4) is 0 Å². The number of amides is 1. The molecular weight excluding hydrogens is 431 g/mol. The van der Waals surface area contributed by atoms with Crippen LogP contribution >= 0.6 is 11.6 Å². The van der Waals surface area contributed by atoms with Crippen LogP contribution in [0.5, 0.6) is 0 Å². The fourth-order valence-corrected chi connectivity index (χ4v) is 4.51. The number of anilines is 3. The molecule has 0 aromatic heterocycles. The van der Waals surface area contributed by atoms with E-state index in [1.807, 2.05) is 6.92 Å². The lowest BCUT2D eigenvalue weighted by Crippen LogP contribution is -2.30. The van der Waals surface area contributed by atoms with Gasteiger partial charge in [0.2, 0.25) is 15.9 Å². The first-order valence-corrected chi connectivity index (χ1v) is 11.4. The summed E-state index contributed by atoms with van der Waals surface area (Å²) in [6.45, 7) is 6.56. The minimum Gasteiger partial charge on any atom is -0.384 e. The van der Waals surface area contributed by atoms with E-state index in [4.69, 9.17) is 11.6 Å². The number of hydrogen-bond acceptors (Lipinski definition) is 5. The number of halogens is 2. The van der Waals surface area contributed by atoms with Crippen molar-refractivity contribution in [3.05, 3.63) is 47.2 Å². The molecule has 2 rings (SSSR count). The molecule has 0 aliphatic heterocycles. The molecule has 0 saturated heterocycles. The zero-order chi connectivity index (χ0) is 22.3. The predicted molar refractivity (Wildman–Crippen MR) is 119 cm³/mol. The van der Waals surface area contributed by atoms with Gasteiger partial charge in [-0.2, -0.15) is 4.31 Å². The van der Waals surface area contributed by atoms with Gasteiger partial charge in [0.25, 0.3) is 0 Å². The van der Waals surface area contributed by atoms with Gasteiger partial charge in [-0.15, -0.1) is 0 Å². The van der Waals surface area contributed by atoms with E-state index in [1.54, 1.807) is 19.9 Å². The molecule has 0 atom stereocenters. The Kier molecular flexibility index (Phi) is 8.45. The number of nitrogens with one attached hydrogen (secondary N) is 3. The number of carbonyl (C=O) groups is 1. The van der Waals surface area contributed by atoms with Crippen molar-refractivity contribution in [2.75, 3.05) is 42.1 Å². The normalized spacial score (nSPS) is 11.4. The van der Waals surface area contributed by atoms with E-state index in [0.717, 1.165) is 6.07 Å². The van der Waals surface area contributed by atoms with Gasteiger partial charge >= 0.3 is 0 Å². The maximum atomic E-state index is 13.8. The number of hydrogen-bond donors (Lipinski definition) is 3. The molecule has 7 nitrogen and oxygen atoms in total. The highest BCUT2D eigenvalue weighted by Crippen LogP contribution is 2.27. The van der Waals surface area contributed by atoms with Crippen molar-refractivity contribution in [2.24, 2.45) is 0 Å². The fraction of sp³-hybridized carbons (Fsp3) is 0.350. The molecule has 10 heteroatoms. The van der Waals surface area contributed by atoms with E-state index in [0.29, 0.717) is 36.0 Å². The first-order chi connectivity index (χ1) is 14.2. The number of nitrogens with zero attached hydrogens (tertiary/aromatic N) is 1. The van der Waals surface area contributed by atoms with Gasteiger partial charge in [-0.25, -0.2) is 12.8 Å². The molecule has 0 aliphatic carbocycles. The monoisotopic (exact) mass is 456 g/mol. The highest BCUT2D eigenvalue weighted by molar-refractivity contribution is 7.89. The zero-order valence-corrected chi connectivity index (χ0v) is 18.7. The van der Waals surface area contributed by atoms with Crippen LogP contribution < -0.4 is 16.0 Å². The highest BCUT2D eigenvalue weighted by Gasteiger charge is 2.22. The van der Waals surface area contributed by atoms with Crippen molar-refractivity contribution < 1.29 is 17.6 Å². The summed E-state index contributed by atoms with van der Waals surface area (Å²) in [4.78, 5) is 12.4. The van der Waals surface area contributed by atoms with Crippen LogP contribution in [0.2, 0.25) is 5.02 Å². The Labute approximate surface area is 181 Å². The maximum absolute atomic E-state index is 13.8. The van der Waals surface area contributed by atoms with Crippen molar-refractivity contribution in [3.63, 3.8) is 0 Å². The lowest BCUT2D eigenvalue weighted by Gasteiger charge is -2.20. The van der Waals surface area contributed by atoms with Crippen LogP contribution in [0.1, 0.15) is 20.8 Å². The summed E-state index contributed by atoms with van der Waals surface area (Å²) in [6.07, 6.45) is 0. The lowest BCUT2D eigenvalue weighted by molar-refractivity contribution is -0.114. The smallest absolute Gasteiger partial charge is 0.243 e. The SMILES string of the molecule is CCNc1ccc(S(=O)(=O)N(CC)CC)cc1NCC(=O)Nc1cc(Cl)ccc1F. The topological polar surface area (TPSA) is 90.5 Å². The zero-order valence-electron chi connectivity index (χ0n) is 17.1. The third kappa shape index (κ3) is 5.84. The van der Waals surface area contributed by atoms with Gasteiger partial charge in [0.15, 0.2) is 0 Å². The van der Waals surface area contributed by atoms with Gasteiger partial charge < -0.3 is 16.0 Å². The van der Waals surface area contributed by atoms with Crippen LogP contribution in [0.4, 0.5) is 21.5 Å².